The highest BCUT2D eigenvalue weighted by molar-refractivity contribution is 5.91. The number of piperazine rings is 1. The number of hydrogen-bond acceptors (Lipinski definition) is 5. The molecule has 2 aliphatic heterocycles. The summed E-state index contributed by atoms with van der Waals surface area (Å²) in [7, 11) is 1.79. The van der Waals surface area contributed by atoms with Crippen molar-refractivity contribution in [3.63, 3.8) is 0 Å². The van der Waals surface area contributed by atoms with Crippen molar-refractivity contribution < 1.29 is 18.7 Å². The third-order valence-corrected chi connectivity index (χ3v) is 4.94. The minimum Gasteiger partial charge on any atom is -0.459 e. The predicted octanol–water partition coefficient (Wildman–Crippen LogP) is 1.06. The van der Waals surface area contributed by atoms with Crippen molar-refractivity contribution in [1.29, 1.82) is 0 Å². The molecule has 2 fully saturated rings. The summed E-state index contributed by atoms with van der Waals surface area (Å²) in [5, 5.41) is 3.39. The van der Waals surface area contributed by atoms with Gasteiger partial charge in [-0.3, -0.25) is 9.79 Å². The molecule has 8 heteroatoms. The van der Waals surface area contributed by atoms with Gasteiger partial charge in [-0.05, 0) is 25.0 Å². The zero-order valence-corrected chi connectivity index (χ0v) is 16.1. The molecule has 0 saturated carbocycles. The van der Waals surface area contributed by atoms with Crippen LogP contribution in [-0.4, -0.2) is 87.9 Å². The summed E-state index contributed by atoms with van der Waals surface area (Å²) in [6.07, 6.45) is 3.57. The molecule has 1 aromatic heterocycles. The van der Waals surface area contributed by atoms with Gasteiger partial charge in [0.1, 0.15) is 0 Å². The highest BCUT2D eigenvalue weighted by atomic mass is 16.5. The van der Waals surface area contributed by atoms with Crippen molar-refractivity contribution >= 4 is 11.9 Å². The summed E-state index contributed by atoms with van der Waals surface area (Å²) < 4.78 is 16.3. The summed E-state index contributed by atoms with van der Waals surface area (Å²) in [4.78, 5) is 20.7. The van der Waals surface area contributed by atoms with Gasteiger partial charge in [0.15, 0.2) is 11.7 Å². The van der Waals surface area contributed by atoms with Crippen LogP contribution in [0, 0.1) is 5.92 Å². The number of carbonyl (C=O) groups is 1. The van der Waals surface area contributed by atoms with E-state index >= 15 is 0 Å². The zero-order valence-electron chi connectivity index (χ0n) is 16.1. The molecule has 0 aliphatic carbocycles. The van der Waals surface area contributed by atoms with Crippen LogP contribution < -0.4 is 5.32 Å². The Kier molecular flexibility index (Phi) is 7.53. The van der Waals surface area contributed by atoms with Gasteiger partial charge in [-0.25, -0.2) is 0 Å². The molecule has 1 amide bonds. The summed E-state index contributed by atoms with van der Waals surface area (Å²) >= 11 is 0. The molecular weight excluding hydrogens is 348 g/mol. The van der Waals surface area contributed by atoms with Gasteiger partial charge in [0.2, 0.25) is 0 Å². The first-order valence-corrected chi connectivity index (χ1v) is 9.72. The number of hydrogen-bond donors (Lipinski definition) is 1. The van der Waals surface area contributed by atoms with Crippen molar-refractivity contribution in [1.82, 2.24) is 15.1 Å². The molecule has 0 spiro atoms. The lowest BCUT2D eigenvalue weighted by atomic mass is 10.1. The molecule has 8 nitrogen and oxygen atoms in total. The van der Waals surface area contributed by atoms with Crippen molar-refractivity contribution in [2.75, 3.05) is 66.2 Å². The third kappa shape index (κ3) is 5.71. The lowest BCUT2D eigenvalue weighted by Gasteiger charge is -2.36. The Hall–Kier alpha value is -2.06. The van der Waals surface area contributed by atoms with Crippen LogP contribution in [0.4, 0.5) is 0 Å². The van der Waals surface area contributed by atoms with Gasteiger partial charge < -0.3 is 29.0 Å². The largest absolute Gasteiger partial charge is 0.459 e. The fourth-order valence-electron chi connectivity index (χ4n) is 3.35. The summed E-state index contributed by atoms with van der Waals surface area (Å²) in [5.74, 6) is 1.79. The molecule has 1 atom stereocenters. The molecule has 0 radical (unpaired) electrons. The van der Waals surface area contributed by atoms with Crippen LogP contribution in [-0.2, 0) is 9.47 Å². The zero-order chi connectivity index (χ0) is 18.9. The Morgan fingerprint density at radius 3 is 2.81 bits per heavy atom. The number of nitrogens with one attached hydrogen (secondary N) is 1. The Labute approximate surface area is 160 Å². The number of nitrogens with zero attached hydrogens (tertiary/aromatic N) is 3. The van der Waals surface area contributed by atoms with Gasteiger partial charge in [0.05, 0.1) is 19.5 Å². The van der Waals surface area contributed by atoms with Crippen molar-refractivity contribution in [3.8, 4) is 0 Å². The van der Waals surface area contributed by atoms with Crippen molar-refractivity contribution in [2.24, 2.45) is 10.9 Å². The maximum atomic E-state index is 12.3. The maximum Gasteiger partial charge on any atom is 0.289 e. The Morgan fingerprint density at radius 1 is 1.33 bits per heavy atom. The lowest BCUT2D eigenvalue weighted by Crippen LogP contribution is -2.53. The molecule has 3 rings (SSSR count). The molecule has 1 N–H and O–H groups in total. The molecule has 2 saturated heterocycles. The number of carbonyl (C=O) groups excluding carboxylic acids is 1. The quantitative estimate of drug-likeness (QED) is 0.434. The van der Waals surface area contributed by atoms with Gasteiger partial charge in [-0.2, -0.15) is 0 Å². The van der Waals surface area contributed by atoms with Crippen LogP contribution in [0.2, 0.25) is 0 Å². The van der Waals surface area contributed by atoms with Crippen LogP contribution in [0.15, 0.2) is 27.8 Å². The average molecular weight is 378 g/mol. The predicted molar refractivity (Wildman–Crippen MR) is 102 cm³/mol. The highest BCUT2D eigenvalue weighted by Crippen LogP contribution is 2.12. The summed E-state index contributed by atoms with van der Waals surface area (Å²) in [5.41, 5.74) is 0. The van der Waals surface area contributed by atoms with E-state index in [0.717, 1.165) is 64.9 Å². The summed E-state index contributed by atoms with van der Waals surface area (Å²) in [6, 6.07) is 3.44. The number of furan rings is 1. The Bertz CT molecular complexity index is 591. The molecule has 1 aromatic rings. The first kappa shape index (κ1) is 19.7. The van der Waals surface area contributed by atoms with Gasteiger partial charge in [-0.1, -0.05) is 0 Å². The average Bonchev–Trinajstić information content (AvgIpc) is 3.41. The van der Waals surface area contributed by atoms with Crippen LogP contribution in [0.25, 0.3) is 0 Å². The monoisotopic (exact) mass is 378 g/mol. The smallest absolute Gasteiger partial charge is 0.289 e. The lowest BCUT2D eigenvalue weighted by molar-refractivity contribution is 0.0657. The highest BCUT2D eigenvalue weighted by Gasteiger charge is 2.25. The molecule has 150 valence electrons. The molecule has 0 aromatic carbocycles. The normalized spacial score (nSPS) is 20.9. The fraction of sp³-hybridized carbons (Fsp3) is 0.684. The molecule has 3 heterocycles. The first-order valence-electron chi connectivity index (χ1n) is 9.72. The third-order valence-electron chi connectivity index (χ3n) is 4.94. The van der Waals surface area contributed by atoms with E-state index in [2.05, 4.69) is 15.2 Å². The second kappa shape index (κ2) is 10.3. The van der Waals surface area contributed by atoms with Crippen LogP contribution >= 0.6 is 0 Å². The summed E-state index contributed by atoms with van der Waals surface area (Å²) in [6.45, 7) is 6.88. The topological polar surface area (TPSA) is 79.5 Å². The molecule has 1 unspecified atom stereocenters. The minimum absolute atomic E-state index is 0.0487. The molecular formula is C19H30N4O4. The Balaban J connectivity index is 1.31. The fourth-order valence-corrected chi connectivity index (χ4v) is 3.35. The van der Waals surface area contributed by atoms with E-state index in [-0.39, 0.29) is 5.91 Å². The van der Waals surface area contributed by atoms with E-state index in [1.807, 2.05) is 4.90 Å². The Morgan fingerprint density at radius 2 is 2.15 bits per heavy atom. The number of guanidine groups is 1. The van der Waals surface area contributed by atoms with Crippen LogP contribution in [0.5, 0.6) is 0 Å². The van der Waals surface area contributed by atoms with Crippen LogP contribution in [0.3, 0.4) is 0 Å². The van der Waals surface area contributed by atoms with E-state index < -0.39 is 0 Å². The SMILES string of the molecule is CN=C(NCCCOCC1CCOC1)N1CCN(C(=O)c2ccco2)CC1. The number of ether oxygens (including phenoxy) is 2. The van der Waals surface area contributed by atoms with Gasteiger partial charge in [-0.15, -0.1) is 0 Å². The van der Waals surface area contributed by atoms with E-state index in [9.17, 15) is 4.79 Å². The second-order valence-corrected chi connectivity index (χ2v) is 6.89. The van der Waals surface area contributed by atoms with Gasteiger partial charge in [0.25, 0.3) is 5.91 Å². The van der Waals surface area contributed by atoms with E-state index in [1.54, 1.807) is 19.2 Å². The number of amides is 1. The van der Waals surface area contributed by atoms with Crippen molar-refractivity contribution in [3.05, 3.63) is 24.2 Å². The molecule has 2 aliphatic rings. The van der Waals surface area contributed by atoms with E-state index in [0.29, 0.717) is 24.8 Å². The van der Waals surface area contributed by atoms with E-state index in [4.69, 9.17) is 13.9 Å². The number of rotatable bonds is 7. The first-order chi connectivity index (χ1) is 13.3. The van der Waals surface area contributed by atoms with Gasteiger partial charge in [0, 0.05) is 58.9 Å². The maximum absolute atomic E-state index is 12.3. The van der Waals surface area contributed by atoms with Gasteiger partial charge >= 0.3 is 0 Å². The minimum atomic E-state index is -0.0487. The molecule has 0 bridgehead atoms. The molecule has 27 heavy (non-hydrogen) atoms. The van der Waals surface area contributed by atoms with Crippen molar-refractivity contribution in [2.45, 2.75) is 12.8 Å². The van der Waals surface area contributed by atoms with E-state index in [1.165, 1.54) is 6.26 Å². The van der Waals surface area contributed by atoms with Crippen LogP contribution in [0.1, 0.15) is 23.4 Å². The second-order valence-electron chi connectivity index (χ2n) is 6.89. The number of aliphatic imine (C=N–C) groups is 1. The standard InChI is InChI=1S/C19H30N4O4/c1-20-19(21-6-3-11-25-14-16-5-13-26-15-16)23-9-7-22(8-10-23)18(24)17-4-2-12-27-17/h2,4,12,16H,3,5-11,13-15H2,1H3,(H,20,21).